The van der Waals surface area contributed by atoms with Crippen molar-refractivity contribution in [3.8, 4) is 11.1 Å². The molecule has 0 spiro atoms. The first kappa shape index (κ1) is 26.2. The number of carbonyl (C=O) groups is 1. The van der Waals surface area contributed by atoms with Gasteiger partial charge in [0, 0.05) is 16.8 Å². The molecule has 4 aromatic rings. The van der Waals surface area contributed by atoms with Gasteiger partial charge in [-0.3, -0.25) is 5.01 Å². The third-order valence-corrected chi connectivity index (χ3v) is 6.60. The van der Waals surface area contributed by atoms with E-state index >= 15 is 0 Å². The predicted molar refractivity (Wildman–Crippen MR) is 147 cm³/mol. The van der Waals surface area contributed by atoms with Crippen molar-refractivity contribution in [2.75, 3.05) is 10.3 Å². The summed E-state index contributed by atoms with van der Waals surface area (Å²) in [5.41, 5.74) is 12.2. The van der Waals surface area contributed by atoms with Gasteiger partial charge in [0.15, 0.2) is 5.84 Å². The number of primary sulfonamides is 1. The molecule has 11 heteroatoms. The molecule has 4 aromatic carbocycles. The standard InChI is InChI=1S/C27H26N6O4S/c28-26(32-35)21-9-6-10-23(17-21)33(18-19-7-2-1-3-8-19)31-27(34)30-22-15-13-20(14-16-22)24-11-4-5-12-25(24)38(29,36)37/h1-17,35H,18H2,(H2,28,32)(H2,29,36,37)(H2,30,31,34). The van der Waals surface area contributed by atoms with Gasteiger partial charge in [0.1, 0.15) is 0 Å². The Hall–Kier alpha value is -4.87. The van der Waals surface area contributed by atoms with Crippen molar-refractivity contribution in [1.29, 1.82) is 0 Å². The summed E-state index contributed by atoms with van der Waals surface area (Å²) in [5, 5.41) is 21.8. The highest BCUT2D eigenvalue weighted by atomic mass is 32.2. The molecule has 38 heavy (non-hydrogen) atoms. The van der Waals surface area contributed by atoms with E-state index < -0.39 is 16.1 Å². The van der Waals surface area contributed by atoms with Gasteiger partial charge < -0.3 is 16.3 Å². The Morgan fingerprint density at radius 1 is 0.895 bits per heavy atom. The van der Waals surface area contributed by atoms with E-state index in [1.807, 2.05) is 30.3 Å². The first-order valence-corrected chi connectivity index (χ1v) is 13.0. The van der Waals surface area contributed by atoms with Crippen molar-refractivity contribution in [3.05, 3.63) is 114 Å². The molecule has 0 aliphatic carbocycles. The number of rotatable bonds is 8. The lowest BCUT2D eigenvalue weighted by Gasteiger charge is -2.26. The number of carbonyl (C=O) groups excluding carboxylic acids is 1. The number of hydrogen-bond acceptors (Lipinski definition) is 6. The first-order valence-electron chi connectivity index (χ1n) is 11.4. The number of nitrogens with one attached hydrogen (secondary N) is 2. The summed E-state index contributed by atoms with van der Waals surface area (Å²) in [4.78, 5) is 13.0. The van der Waals surface area contributed by atoms with E-state index in [9.17, 15) is 13.2 Å². The molecule has 0 aliphatic heterocycles. The maximum Gasteiger partial charge on any atom is 0.338 e. The molecule has 0 atom stereocenters. The number of urea groups is 1. The van der Waals surface area contributed by atoms with Crippen molar-refractivity contribution in [3.63, 3.8) is 0 Å². The summed E-state index contributed by atoms with van der Waals surface area (Å²) in [6.45, 7) is 0.344. The number of hydrogen-bond donors (Lipinski definition) is 5. The minimum Gasteiger partial charge on any atom is -0.409 e. The van der Waals surface area contributed by atoms with Gasteiger partial charge in [0.2, 0.25) is 10.0 Å². The monoisotopic (exact) mass is 530 g/mol. The topological polar surface area (TPSA) is 163 Å². The molecule has 0 saturated heterocycles. The molecule has 0 unspecified atom stereocenters. The largest absolute Gasteiger partial charge is 0.409 e. The van der Waals surface area contributed by atoms with Crippen LogP contribution in [0.3, 0.4) is 0 Å². The van der Waals surface area contributed by atoms with Gasteiger partial charge in [0.05, 0.1) is 17.1 Å². The SMILES string of the molecule is NC(=NO)c1cccc(N(Cc2ccccc2)NC(=O)Nc2ccc(-c3ccccc3S(N)(=O)=O)cc2)c1. The van der Waals surface area contributed by atoms with Crippen LogP contribution in [0.1, 0.15) is 11.1 Å². The van der Waals surface area contributed by atoms with Crippen LogP contribution in [-0.2, 0) is 16.6 Å². The van der Waals surface area contributed by atoms with Crippen LogP contribution < -0.4 is 26.6 Å². The zero-order valence-electron chi connectivity index (χ0n) is 20.2. The molecule has 194 valence electrons. The van der Waals surface area contributed by atoms with E-state index in [4.69, 9.17) is 16.1 Å². The molecule has 0 heterocycles. The van der Waals surface area contributed by atoms with Gasteiger partial charge >= 0.3 is 6.03 Å². The summed E-state index contributed by atoms with van der Waals surface area (Å²) in [7, 11) is -3.90. The molecule has 2 amide bonds. The maximum atomic E-state index is 13.0. The van der Waals surface area contributed by atoms with Crippen molar-refractivity contribution in [2.24, 2.45) is 16.0 Å². The normalized spacial score (nSPS) is 11.6. The van der Waals surface area contributed by atoms with Gasteiger partial charge in [0.25, 0.3) is 0 Å². The Bertz CT molecular complexity index is 1560. The second-order valence-electron chi connectivity index (χ2n) is 8.29. The number of sulfonamides is 1. The van der Waals surface area contributed by atoms with Gasteiger partial charge in [-0.25, -0.2) is 23.8 Å². The number of hydrazine groups is 1. The van der Waals surface area contributed by atoms with E-state index in [0.717, 1.165) is 5.56 Å². The van der Waals surface area contributed by atoms with Crippen LogP contribution >= 0.6 is 0 Å². The zero-order chi connectivity index (χ0) is 27.1. The number of amides is 2. The lowest BCUT2D eigenvalue weighted by Crippen LogP contribution is -2.44. The third kappa shape index (κ3) is 6.46. The number of nitrogens with zero attached hydrogens (tertiary/aromatic N) is 2. The van der Waals surface area contributed by atoms with Crippen molar-refractivity contribution < 1.29 is 18.4 Å². The summed E-state index contributed by atoms with van der Waals surface area (Å²) in [5.74, 6) is -0.0555. The molecule has 0 fully saturated rings. The fraction of sp³-hybridized carbons (Fsp3) is 0.0370. The molecule has 10 nitrogen and oxygen atoms in total. The van der Waals surface area contributed by atoms with E-state index in [1.165, 1.54) is 6.07 Å². The molecule has 0 radical (unpaired) electrons. The average Bonchev–Trinajstić information content (AvgIpc) is 2.93. The minimum absolute atomic E-state index is 0.0177. The van der Waals surface area contributed by atoms with Crippen LogP contribution in [0, 0.1) is 0 Å². The first-order chi connectivity index (χ1) is 18.2. The van der Waals surface area contributed by atoms with Crippen molar-refractivity contribution in [1.82, 2.24) is 5.43 Å². The van der Waals surface area contributed by atoms with Crippen LogP contribution in [0.2, 0.25) is 0 Å². The molecule has 0 aliphatic rings. The van der Waals surface area contributed by atoms with Crippen LogP contribution in [0.4, 0.5) is 16.2 Å². The van der Waals surface area contributed by atoms with Crippen molar-refractivity contribution in [2.45, 2.75) is 11.4 Å². The Kier molecular flexibility index (Phi) is 7.90. The number of anilines is 2. The summed E-state index contributed by atoms with van der Waals surface area (Å²) in [6.07, 6.45) is 0. The smallest absolute Gasteiger partial charge is 0.338 e. The van der Waals surface area contributed by atoms with E-state index in [-0.39, 0.29) is 10.7 Å². The van der Waals surface area contributed by atoms with E-state index in [0.29, 0.717) is 34.6 Å². The molecular weight excluding hydrogens is 504 g/mol. The van der Waals surface area contributed by atoms with Crippen LogP contribution in [0.5, 0.6) is 0 Å². The number of amidine groups is 1. The fourth-order valence-corrected chi connectivity index (χ4v) is 4.58. The highest BCUT2D eigenvalue weighted by molar-refractivity contribution is 7.89. The Labute approximate surface area is 220 Å². The third-order valence-electron chi connectivity index (χ3n) is 5.63. The Morgan fingerprint density at radius 2 is 1.58 bits per heavy atom. The number of nitrogens with two attached hydrogens (primary N) is 2. The summed E-state index contributed by atoms with van der Waals surface area (Å²) >= 11 is 0. The van der Waals surface area contributed by atoms with Gasteiger partial charge in [-0.05, 0) is 41.5 Å². The van der Waals surface area contributed by atoms with Crippen LogP contribution in [0.15, 0.2) is 113 Å². The van der Waals surface area contributed by atoms with Gasteiger partial charge in [-0.2, -0.15) is 0 Å². The Balaban J connectivity index is 1.54. The predicted octanol–water partition coefficient (Wildman–Crippen LogP) is 3.84. The second kappa shape index (κ2) is 11.5. The number of benzene rings is 4. The van der Waals surface area contributed by atoms with Gasteiger partial charge in [-0.1, -0.05) is 78.0 Å². The van der Waals surface area contributed by atoms with Crippen molar-refractivity contribution >= 4 is 33.3 Å². The Morgan fingerprint density at radius 3 is 2.26 bits per heavy atom. The van der Waals surface area contributed by atoms with E-state index in [2.05, 4.69) is 15.9 Å². The highest BCUT2D eigenvalue weighted by Gasteiger charge is 2.16. The summed E-state index contributed by atoms with van der Waals surface area (Å²) in [6, 6.07) is 29.1. The molecule has 4 rings (SSSR count). The molecule has 7 N–H and O–H groups in total. The quantitative estimate of drug-likeness (QED) is 0.101. The molecule has 0 saturated carbocycles. The number of oxime groups is 1. The lowest BCUT2D eigenvalue weighted by molar-refractivity contribution is 0.251. The minimum atomic E-state index is -3.90. The highest BCUT2D eigenvalue weighted by Crippen LogP contribution is 2.27. The molecular formula is C27H26N6O4S. The summed E-state index contributed by atoms with van der Waals surface area (Å²) < 4.78 is 23.9. The molecule has 0 aromatic heterocycles. The van der Waals surface area contributed by atoms with Crippen LogP contribution in [0.25, 0.3) is 11.1 Å². The zero-order valence-corrected chi connectivity index (χ0v) is 21.0. The maximum absolute atomic E-state index is 13.0. The van der Waals surface area contributed by atoms with Gasteiger partial charge in [-0.15, -0.1) is 0 Å². The van der Waals surface area contributed by atoms with Crippen LogP contribution in [-0.4, -0.2) is 25.5 Å². The lowest BCUT2D eigenvalue weighted by atomic mass is 10.1. The molecule has 0 bridgehead atoms. The van der Waals surface area contributed by atoms with E-state index in [1.54, 1.807) is 71.7 Å². The fourth-order valence-electron chi connectivity index (χ4n) is 3.82. The average molecular weight is 531 g/mol. The second-order valence-corrected chi connectivity index (χ2v) is 9.82.